The van der Waals surface area contributed by atoms with Crippen molar-refractivity contribution in [1.29, 1.82) is 0 Å². The number of aromatic nitrogens is 1. The number of rotatable bonds is 5. The molecule has 0 spiro atoms. The van der Waals surface area contributed by atoms with E-state index in [2.05, 4.69) is 41.2 Å². The number of hydrogen-bond acceptors (Lipinski definition) is 4. The van der Waals surface area contributed by atoms with E-state index in [0.29, 0.717) is 29.7 Å². The van der Waals surface area contributed by atoms with Gasteiger partial charge in [-0.1, -0.05) is 29.4 Å². The molecule has 0 radical (unpaired) electrons. The molecule has 2 saturated heterocycles. The average Bonchev–Trinajstić information content (AvgIpc) is 3.11. The maximum Gasteiger partial charge on any atom is 0.233 e. The fourth-order valence-corrected chi connectivity index (χ4v) is 5.95. The smallest absolute Gasteiger partial charge is 0.233 e. The lowest BCUT2D eigenvalue weighted by Crippen LogP contribution is -2.46. The molecule has 1 aromatic heterocycles. The van der Waals surface area contributed by atoms with Gasteiger partial charge in [0.1, 0.15) is 5.76 Å². The third-order valence-electron chi connectivity index (χ3n) is 6.30. The van der Waals surface area contributed by atoms with Gasteiger partial charge in [-0.15, -0.1) is 11.8 Å². The molecule has 0 N–H and O–H groups in total. The SMILES string of the molecule is Cc1ccccc1[C@H]1C[C@H]2CC[C@@H](C1)N2C(=O)CSCc1c(C)noc1C. The molecule has 4 rings (SSSR count). The third kappa shape index (κ3) is 3.66. The van der Waals surface area contributed by atoms with E-state index in [1.54, 1.807) is 11.8 Å². The summed E-state index contributed by atoms with van der Waals surface area (Å²) in [7, 11) is 0. The molecule has 1 aromatic carbocycles. The molecular weight excluding hydrogens is 356 g/mol. The zero-order valence-electron chi connectivity index (χ0n) is 16.4. The summed E-state index contributed by atoms with van der Waals surface area (Å²) in [6.07, 6.45) is 4.55. The highest BCUT2D eigenvalue weighted by Gasteiger charge is 2.43. The van der Waals surface area contributed by atoms with Gasteiger partial charge in [-0.2, -0.15) is 0 Å². The lowest BCUT2D eigenvalue weighted by atomic mass is 9.83. The monoisotopic (exact) mass is 384 g/mol. The maximum absolute atomic E-state index is 12.9. The standard InChI is InChI=1S/C22H28N2O2S/c1-14-6-4-5-7-20(14)17-10-18-8-9-19(11-17)24(18)22(25)13-27-12-21-15(2)23-26-16(21)3/h4-7,17-19H,8-13H2,1-3H3/t17-,18+,19-. The summed E-state index contributed by atoms with van der Waals surface area (Å²) in [6.45, 7) is 6.11. The van der Waals surface area contributed by atoms with Gasteiger partial charge in [-0.3, -0.25) is 4.79 Å². The first-order valence-electron chi connectivity index (χ1n) is 9.90. The Kier molecular flexibility index (Phi) is 5.31. The second-order valence-electron chi connectivity index (χ2n) is 8.01. The van der Waals surface area contributed by atoms with Gasteiger partial charge in [-0.05, 0) is 63.5 Å². The van der Waals surface area contributed by atoms with E-state index < -0.39 is 0 Å². The number of piperidine rings is 1. The van der Waals surface area contributed by atoms with E-state index in [0.717, 1.165) is 48.5 Å². The van der Waals surface area contributed by atoms with Crippen LogP contribution in [0, 0.1) is 20.8 Å². The molecule has 5 heteroatoms. The number of benzene rings is 1. The molecule has 0 unspecified atom stereocenters. The van der Waals surface area contributed by atoms with Gasteiger partial charge in [0, 0.05) is 23.4 Å². The Bertz CT molecular complexity index is 798. The Morgan fingerprint density at radius 3 is 2.52 bits per heavy atom. The number of amides is 1. The third-order valence-corrected chi connectivity index (χ3v) is 7.25. The molecule has 0 aliphatic carbocycles. The van der Waals surface area contributed by atoms with E-state index in [1.165, 1.54) is 11.1 Å². The Hall–Kier alpha value is -1.75. The van der Waals surface area contributed by atoms with Crippen molar-refractivity contribution in [3.05, 3.63) is 52.4 Å². The molecule has 1 amide bonds. The van der Waals surface area contributed by atoms with Gasteiger partial charge >= 0.3 is 0 Å². The maximum atomic E-state index is 12.9. The molecule has 2 fully saturated rings. The minimum absolute atomic E-state index is 0.308. The van der Waals surface area contributed by atoms with Crippen molar-refractivity contribution in [3.8, 4) is 0 Å². The summed E-state index contributed by atoms with van der Waals surface area (Å²) in [4.78, 5) is 15.2. The molecule has 2 bridgehead atoms. The zero-order valence-corrected chi connectivity index (χ0v) is 17.2. The van der Waals surface area contributed by atoms with Crippen LogP contribution in [0.2, 0.25) is 0 Å². The molecule has 2 aromatic rings. The first kappa shape index (κ1) is 18.6. The van der Waals surface area contributed by atoms with Gasteiger partial charge in [-0.25, -0.2) is 0 Å². The number of aryl methyl sites for hydroxylation is 3. The van der Waals surface area contributed by atoms with Crippen LogP contribution in [0.3, 0.4) is 0 Å². The molecule has 3 heterocycles. The Balaban J connectivity index is 1.36. The van der Waals surface area contributed by atoms with Crippen molar-refractivity contribution in [2.45, 2.75) is 70.2 Å². The minimum atomic E-state index is 0.308. The quantitative estimate of drug-likeness (QED) is 0.745. The minimum Gasteiger partial charge on any atom is -0.361 e. The van der Waals surface area contributed by atoms with Crippen LogP contribution in [0.5, 0.6) is 0 Å². The van der Waals surface area contributed by atoms with E-state index in [-0.39, 0.29) is 0 Å². The molecule has 27 heavy (non-hydrogen) atoms. The van der Waals surface area contributed by atoms with Crippen LogP contribution in [-0.4, -0.2) is 33.8 Å². The van der Waals surface area contributed by atoms with Gasteiger partial charge in [0.15, 0.2) is 0 Å². The Morgan fingerprint density at radius 1 is 1.19 bits per heavy atom. The van der Waals surface area contributed by atoms with Crippen LogP contribution in [0.4, 0.5) is 0 Å². The first-order chi connectivity index (χ1) is 13.0. The van der Waals surface area contributed by atoms with Crippen LogP contribution in [0.1, 0.15) is 59.7 Å². The van der Waals surface area contributed by atoms with E-state index in [4.69, 9.17) is 4.52 Å². The molecule has 4 nitrogen and oxygen atoms in total. The summed E-state index contributed by atoms with van der Waals surface area (Å²) in [5.41, 5.74) is 4.94. The predicted octanol–water partition coefficient (Wildman–Crippen LogP) is 4.77. The van der Waals surface area contributed by atoms with Crippen molar-refractivity contribution in [2.24, 2.45) is 0 Å². The normalized spacial score (nSPS) is 24.4. The number of nitrogens with zero attached hydrogens (tertiary/aromatic N) is 2. The van der Waals surface area contributed by atoms with E-state index in [1.807, 2.05) is 13.8 Å². The summed E-state index contributed by atoms with van der Waals surface area (Å²) in [5.74, 6) is 3.12. The van der Waals surface area contributed by atoms with Gasteiger partial charge in [0.05, 0.1) is 11.4 Å². The number of carbonyl (C=O) groups excluding carboxylic acids is 1. The predicted molar refractivity (Wildman–Crippen MR) is 109 cm³/mol. The number of fused-ring (bicyclic) bond motifs is 2. The van der Waals surface area contributed by atoms with E-state index >= 15 is 0 Å². The van der Waals surface area contributed by atoms with E-state index in [9.17, 15) is 4.79 Å². The Morgan fingerprint density at radius 2 is 1.89 bits per heavy atom. The van der Waals surface area contributed by atoms with Crippen molar-refractivity contribution in [2.75, 3.05) is 5.75 Å². The lowest BCUT2D eigenvalue weighted by Gasteiger charge is -2.39. The summed E-state index contributed by atoms with van der Waals surface area (Å²) in [6, 6.07) is 9.58. The molecule has 0 saturated carbocycles. The number of carbonyl (C=O) groups is 1. The van der Waals surface area contributed by atoms with Crippen molar-refractivity contribution in [3.63, 3.8) is 0 Å². The number of hydrogen-bond donors (Lipinski definition) is 0. The highest BCUT2D eigenvalue weighted by molar-refractivity contribution is 7.99. The summed E-state index contributed by atoms with van der Waals surface area (Å²) in [5, 5.41) is 4.00. The number of thioether (sulfide) groups is 1. The topological polar surface area (TPSA) is 46.3 Å². The molecule has 2 aliphatic heterocycles. The molecule has 3 atom stereocenters. The molecule has 144 valence electrons. The van der Waals surface area contributed by atoms with Crippen LogP contribution in [-0.2, 0) is 10.5 Å². The second-order valence-corrected chi connectivity index (χ2v) is 8.99. The van der Waals surface area contributed by atoms with Crippen LogP contribution < -0.4 is 0 Å². The van der Waals surface area contributed by atoms with Crippen molar-refractivity contribution >= 4 is 17.7 Å². The van der Waals surface area contributed by atoms with Crippen LogP contribution in [0.25, 0.3) is 0 Å². The fourth-order valence-electron chi connectivity index (χ4n) is 4.91. The van der Waals surface area contributed by atoms with Crippen LogP contribution in [0.15, 0.2) is 28.8 Å². The summed E-state index contributed by atoms with van der Waals surface area (Å²) < 4.78 is 5.22. The van der Waals surface area contributed by atoms with Gasteiger partial charge in [0.2, 0.25) is 5.91 Å². The first-order valence-corrected chi connectivity index (χ1v) is 11.1. The van der Waals surface area contributed by atoms with Crippen molar-refractivity contribution < 1.29 is 9.32 Å². The van der Waals surface area contributed by atoms with Crippen molar-refractivity contribution in [1.82, 2.24) is 10.1 Å². The molecular formula is C22H28N2O2S. The molecule has 2 aliphatic rings. The largest absolute Gasteiger partial charge is 0.361 e. The lowest BCUT2D eigenvalue weighted by molar-refractivity contribution is -0.132. The second kappa shape index (κ2) is 7.70. The Labute approximate surface area is 165 Å². The zero-order chi connectivity index (χ0) is 19.0. The highest BCUT2D eigenvalue weighted by atomic mass is 32.2. The average molecular weight is 385 g/mol. The van der Waals surface area contributed by atoms with Crippen LogP contribution >= 0.6 is 11.8 Å². The fraction of sp³-hybridized carbons (Fsp3) is 0.545. The highest BCUT2D eigenvalue weighted by Crippen LogP contribution is 2.44. The van der Waals surface area contributed by atoms with Gasteiger partial charge < -0.3 is 9.42 Å². The summed E-state index contributed by atoms with van der Waals surface area (Å²) >= 11 is 1.68. The van der Waals surface area contributed by atoms with Gasteiger partial charge in [0.25, 0.3) is 0 Å².